The maximum Gasteiger partial charge on any atom is 0.170 e. The zero-order valence-corrected chi connectivity index (χ0v) is 9.99. The van der Waals surface area contributed by atoms with E-state index in [9.17, 15) is 0 Å². The Morgan fingerprint density at radius 2 is 2.43 bits per heavy atom. The largest absolute Gasteiger partial charge is 0.395 e. The van der Waals surface area contributed by atoms with Gasteiger partial charge in [0.25, 0.3) is 0 Å². The summed E-state index contributed by atoms with van der Waals surface area (Å²) in [6, 6.07) is 0.147. The SMILES string of the molecule is CCNC(CO)CSc1nc(C)ns1. The van der Waals surface area contributed by atoms with E-state index in [2.05, 4.69) is 14.7 Å². The fourth-order valence-electron chi connectivity index (χ4n) is 0.973. The number of nitrogens with one attached hydrogen (secondary N) is 1. The molecule has 14 heavy (non-hydrogen) atoms. The molecule has 0 saturated heterocycles. The number of hydrogen-bond donors (Lipinski definition) is 2. The van der Waals surface area contributed by atoms with Gasteiger partial charge in [0.05, 0.1) is 6.61 Å². The Bertz CT molecular complexity index is 267. The zero-order chi connectivity index (χ0) is 10.4. The molecule has 1 aromatic rings. The number of aliphatic hydroxyl groups excluding tert-OH is 1. The number of rotatable bonds is 6. The molecule has 0 spiro atoms. The average molecular weight is 233 g/mol. The highest BCUT2D eigenvalue weighted by atomic mass is 32.2. The van der Waals surface area contributed by atoms with Crippen LogP contribution in [-0.2, 0) is 0 Å². The van der Waals surface area contributed by atoms with E-state index >= 15 is 0 Å². The van der Waals surface area contributed by atoms with Gasteiger partial charge in [0.1, 0.15) is 5.82 Å². The summed E-state index contributed by atoms with van der Waals surface area (Å²) in [5.41, 5.74) is 0. The number of thioether (sulfide) groups is 1. The van der Waals surface area contributed by atoms with E-state index in [1.165, 1.54) is 11.5 Å². The first-order chi connectivity index (χ1) is 6.76. The minimum Gasteiger partial charge on any atom is -0.395 e. The van der Waals surface area contributed by atoms with E-state index in [0.717, 1.165) is 22.5 Å². The lowest BCUT2D eigenvalue weighted by Crippen LogP contribution is -2.34. The summed E-state index contributed by atoms with van der Waals surface area (Å²) in [4.78, 5) is 4.24. The lowest BCUT2D eigenvalue weighted by molar-refractivity contribution is 0.255. The molecule has 0 bridgehead atoms. The molecule has 0 aliphatic heterocycles. The van der Waals surface area contributed by atoms with Crippen LogP contribution in [0.15, 0.2) is 4.34 Å². The Morgan fingerprint density at radius 1 is 1.64 bits per heavy atom. The standard InChI is InChI=1S/C8H15N3OS2/c1-3-9-7(4-12)5-13-8-10-6(2)11-14-8/h7,9,12H,3-5H2,1-2H3. The summed E-state index contributed by atoms with van der Waals surface area (Å²) >= 11 is 3.05. The van der Waals surface area contributed by atoms with E-state index in [-0.39, 0.29) is 12.6 Å². The summed E-state index contributed by atoms with van der Waals surface area (Å²) in [6.07, 6.45) is 0. The van der Waals surface area contributed by atoms with Crippen molar-refractivity contribution in [3.63, 3.8) is 0 Å². The highest BCUT2D eigenvalue weighted by Gasteiger charge is 2.08. The third-order valence-electron chi connectivity index (χ3n) is 1.63. The van der Waals surface area contributed by atoms with Gasteiger partial charge in [-0.05, 0) is 25.0 Å². The van der Waals surface area contributed by atoms with E-state index in [0.29, 0.717) is 0 Å². The second kappa shape index (κ2) is 6.34. The number of hydrogen-bond acceptors (Lipinski definition) is 6. The van der Waals surface area contributed by atoms with E-state index < -0.39 is 0 Å². The van der Waals surface area contributed by atoms with Crippen LogP contribution in [0.4, 0.5) is 0 Å². The van der Waals surface area contributed by atoms with Crippen molar-refractivity contribution in [3.05, 3.63) is 5.82 Å². The third kappa shape index (κ3) is 3.91. The van der Waals surface area contributed by atoms with Crippen LogP contribution in [-0.4, -0.2) is 39.4 Å². The molecule has 0 saturated carbocycles. The molecule has 0 aliphatic carbocycles. The van der Waals surface area contributed by atoms with Crippen LogP contribution in [0.1, 0.15) is 12.7 Å². The first kappa shape index (κ1) is 11.9. The molecule has 0 radical (unpaired) electrons. The summed E-state index contributed by atoms with van der Waals surface area (Å²) in [7, 11) is 0. The van der Waals surface area contributed by atoms with Crippen LogP contribution in [0.3, 0.4) is 0 Å². The molecule has 2 N–H and O–H groups in total. The minimum absolute atomic E-state index is 0.147. The van der Waals surface area contributed by atoms with Crippen molar-refractivity contribution in [2.24, 2.45) is 0 Å². The molecule has 0 aliphatic rings. The lowest BCUT2D eigenvalue weighted by atomic mass is 10.4. The van der Waals surface area contributed by atoms with Gasteiger partial charge in [-0.3, -0.25) is 0 Å². The van der Waals surface area contributed by atoms with Crippen molar-refractivity contribution in [2.75, 3.05) is 18.9 Å². The molecule has 6 heteroatoms. The van der Waals surface area contributed by atoms with E-state index in [4.69, 9.17) is 5.11 Å². The summed E-state index contributed by atoms with van der Waals surface area (Å²) in [6.45, 7) is 4.95. The van der Waals surface area contributed by atoms with Crippen molar-refractivity contribution < 1.29 is 5.11 Å². The van der Waals surface area contributed by atoms with Crippen molar-refractivity contribution in [3.8, 4) is 0 Å². The quantitative estimate of drug-likeness (QED) is 0.715. The number of nitrogens with zero attached hydrogens (tertiary/aromatic N) is 2. The van der Waals surface area contributed by atoms with Crippen LogP contribution in [0.25, 0.3) is 0 Å². The maximum absolute atomic E-state index is 9.03. The number of likely N-dealkylation sites (N-methyl/N-ethyl adjacent to an activating group) is 1. The molecular formula is C8H15N3OS2. The van der Waals surface area contributed by atoms with Gasteiger partial charge in [-0.25, -0.2) is 4.98 Å². The van der Waals surface area contributed by atoms with Gasteiger partial charge < -0.3 is 10.4 Å². The van der Waals surface area contributed by atoms with Gasteiger partial charge in [-0.1, -0.05) is 18.7 Å². The first-order valence-corrected chi connectivity index (χ1v) is 6.29. The van der Waals surface area contributed by atoms with E-state index in [1.807, 2.05) is 13.8 Å². The average Bonchev–Trinajstić information content (AvgIpc) is 2.59. The van der Waals surface area contributed by atoms with Gasteiger partial charge in [0.2, 0.25) is 0 Å². The number of aliphatic hydroxyl groups is 1. The normalized spacial score (nSPS) is 13.1. The molecule has 1 heterocycles. The number of aryl methyl sites for hydroxylation is 1. The molecule has 0 fully saturated rings. The van der Waals surface area contributed by atoms with Crippen LogP contribution >= 0.6 is 23.3 Å². The lowest BCUT2D eigenvalue weighted by Gasteiger charge is -2.12. The van der Waals surface area contributed by atoms with Crippen LogP contribution in [0, 0.1) is 6.92 Å². The molecule has 1 atom stereocenters. The third-order valence-corrected chi connectivity index (χ3v) is 3.72. The highest BCUT2D eigenvalue weighted by Crippen LogP contribution is 2.20. The second-order valence-electron chi connectivity index (χ2n) is 2.86. The fourth-order valence-corrected chi connectivity index (χ4v) is 2.69. The van der Waals surface area contributed by atoms with Crippen LogP contribution in [0.2, 0.25) is 0 Å². The Labute approximate surface area is 92.3 Å². The minimum atomic E-state index is 0.147. The van der Waals surface area contributed by atoms with Gasteiger partial charge in [0, 0.05) is 11.8 Å². The van der Waals surface area contributed by atoms with E-state index in [1.54, 1.807) is 11.8 Å². The smallest absolute Gasteiger partial charge is 0.170 e. The highest BCUT2D eigenvalue weighted by molar-refractivity contribution is 8.00. The Kier molecular flexibility index (Phi) is 5.39. The van der Waals surface area contributed by atoms with Crippen LogP contribution < -0.4 is 5.32 Å². The van der Waals surface area contributed by atoms with Crippen molar-refractivity contribution in [1.82, 2.24) is 14.7 Å². The topological polar surface area (TPSA) is 58.0 Å². The molecule has 1 aromatic heterocycles. The predicted octanol–water partition coefficient (Wildman–Crippen LogP) is 0.909. The molecule has 1 unspecified atom stereocenters. The van der Waals surface area contributed by atoms with Crippen molar-refractivity contribution >= 4 is 23.3 Å². The van der Waals surface area contributed by atoms with Crippen molar-refractivity contribution in [2.45, 2.75) is 24.2 Å². The molecule has 80 valence electrons. The van der Waals surface area contributed by atoms with Crippen LogP contribution in [0.5, 0.6) is 0 Å². The first-order valence-electron chi connectivity index (χ1n) is 4.53. The fraction of sp³-hybridized carbons (Fsp3) is 0.750. The number of aromatic nitrogens is 2. The zero-order valence-electron chi connectivity index (χ0n) is 8.36. The summed E-state index contributed by atoms with van der Waals surface area (Å²) in [5, 5.41) is 12.2. The maximum atomic E-state index is 9.03. The molecule has 0 aromatic carbocycles. The Hall–Kier alpha value is -0.170. The molecule has 4 nitrogen and oxygen atoms in total. The Balaban J connectivity index is 2.31. The van der Waals surface area contributed by atoms with Gasteiger partial charge in [-0.15, -0.1) is 0 Å². The predicted molar refractivity (Wildman–Crippen MR) is 59.9 cm³/mol. The second-order valence-corrected chi connectivity index (χ2v) is 4.87. The Morgan fingerprint density at radius 3 is 2.93 bits per heavy atom. The van der Waals surface area contributed by atoms with Gasteiger partial charge in [0.15, 0.2) is 4.34 Å². The van der Waals surface area contributed by atoms with Gasteiger partial charge >= 0.3 is 0 Å². The molecule has 0 amide bonds. The summed E-state index contributed by atoms with van der Waals surface area (Å²) < 4.78 is 5.06. The molecular weight excluding hydrogens is 218 g/mol. The van der Waals surface area contributed by atoms with Crippen molar-refractivity contribution in [1.29, 1.82) is 0 Å². The molecule has 1 rings (SSSR count). The van der Waals surface area contributed by atoms with Gasteiger partial charge in [-0.2, -0.15) is 4.37 Å². The summed E-state index contributed by atoms with van der Waals surface area (Å²) in [5.74, 6) is 1.65. The monoisotopic (exact) mass is 233 g/mol.